The van der Waals surface area contributed by atoms with Gasteiger partial charge in [0.25, 0.3) is 0 Å². The first-order chi connectivity index (χ1) is 9.80. The lowest BCUT2D eigenvalue weighted by Crippen LogP contribution is -2.42. The number of hydrogen-bond acceptors (Lipinski definition) is 4. The van der Waals surface area contributed by atoms with Crippen LogP contribution < -0.4 is 0 Å². The van der Waals surface area contributed by atoms with Crippen LogP contribution in [0, 0.1) is 0 Å². The van der Waals surface area contributed by atoms with E-state index in [9.17, 15) is 4.79 Å². The summed E-state index contributed by atoms with van der Waals surface area (Å²) in [6, 6.07) is 0.196. The third-order valence-corrected chi connectivity index (χ3v) is 3.74. The minimum Gasteiger partial charge on any atom is -0.444 e. The molecule has 0 saturated carbocycles. The molecule has 1 fully saturated rings. The largest absolute Gasteiger partial charge is 0.444 e. The zero-order valence-electron chi connectivity index (χ0n) is 12.7. The van der Waals surface area contributed by atoms with Crippen molar-refractivity contribution in [2.75, 3.05) is 13.1 Å². The maximum absolute atomic E-state index is 12.0. The van der Waals surface area contributed by atoms with Gasteiger partial charge in [-0.1, -0.05) is 11.6 Å². The molecule has 0 bridgehead atoms. The van der Waals surface area contributed by atoms with E-state index >= 15 is 0 Å². The predicted molar refractivity (Wildman–Crippen MR) is 79.2 cm³/mol. The molecule has 0 aromatic carbocycles. The molecule has 1 aromatic heterocycles. The number of piperidine rings is 1. The van der Waals surface area contributed by atoms with E-state index in [0.717, 1.165) is 12.8 Å². The number of rotatable bonds is 2. The number of hydrogen-bond donors (Lipinski definition) is 1. The van der Waals surface area contributed by atoms with Gasteiger partial charge in [0.1, 0.15) is 5.60 Å². The maximum Gasteiger partial charge on any atom is 0.410 e. The Kier molecular flexibility index (Phi) is 4.78. The molecule has 7 heteroatoms. The van der Waals surface area contributed by atoms with Crippen LogP contribution in [0.4, 0.5) is 4.79 Å². The summed E-state index contributed by atoms with van der Waals surface area (Å²) in [7, 11) is 0. The Morgan fingerprint density at radius 2 is 2.10 bits per heavy atom. The molecule has 6 nitrogen and oxygen atoms in total. The van der Waals surface area contributed by atoms with E-state index in [4.69, 9.17) is 21.4 Å². The van der Waals surface area contributed by atoms with Crippen LogP contribution in [-0.2, 0) is 11.3 Å². The first-order valence-corrected chi connectivity index (χ1v) is 7.50. The molecule has 1 aliphatic heterocycles. The molecule has 0 atom stereocenters. The number of nitrogens with zero attached hydrogens (tertiary/aromatic N) is 3. The molecule has 1 aliphatic rings. The number of halogens is 1. The van der Waals surface area contributed by atoms with Crippen molar-refractivity contribution in [1.29, 1.82) is 0 Å². The molecular weight excluding hydrogens is 294 g/mol. The normalized spacial score (nSPS) is 17.1. The van der Waals surface area contributed by atoms with Crippen molar-refractivity contribution in [3.8, 4) is 0 Å². The monoisotopic (exact) mass is 315 g/mol. The van der Waals surface area contributed by atoms with Crippen LogP contribution in [0.2, 0.25) is 5.15 Å². The number of aromatic nitrogens is 2. The zero-order valence-corrected chi connectivity index (χ0v) is 13.4. The average Bonchev–Trinajstić information content (AvgIpc) is 2.78. The van der Waals surface area contributed by atoms with Crippen molar-refractivity contribution < 1.29 is 14.6 Å². The summed E-state index contributed by atoms with van der Waals surface area (Å²) < 4.78 is 7.16. The molecule has 1 N–H and O–H groups in total. The Balaban J connectivity index is 1.92. The summed E-state index contributed by atoms with van der Waals surface area (Å²) in [5.74, 6) is 0. The van der Waals surface area contributed by atoms with Crippen molar-refractivity contribution in [3.05, 3.63) is 16.9 Å². The fourth-order valence-electron chi connectivity index (χ4n) is 2.34. The SMILES string of the molecule is CC(C)(C)OC(=O)N1CCC(n2cc(CO)c(Cl)n2)CC1. The molecule has 2 rings (SSSR count). The summed E-state index contributed by atoms with van der Waals surface area (Å²) in [5, 5.41) is 13.7. The molecule has 0 radical (unpaired) electrons. The van der Waals surface area contributed by atoms with E-state index in [1.807, 2.05) is 20.8 Å². The van der Waals surface area contributed by atoms with E-state index in [1.165, 1.54) is 0 Å². The summed E-state index contributed by atoms with van der Waals surface area (Å²) in [5.41, 5.74) is 0.158. The second-order valence-corrected chi connectivity index (χ2v) is 6.64. The van der Waals surface area contributed by atoms with Gasteiger partial charge in [0, 0.05) is 24.8 Å². The van der Waals surface area contributed by atoms with Crippen LogP contribution >= 0.6 is 11.6 Å². The van der Waals surface area contributed by atoms with Gasteiger partial charge in [0.15, 0.2) is 5.15 Å². The fourth-order valence-corrected chi connectivity index (χ4v) is 2.54. The van der Waals surface area contributed by atoms with E-state index < -0.39 is 5.60 Å². The molecule has 0 aliphatic carbocycles. The lowest BCUT2D eigenvalue weighted by molar-refractivity contribution is 0.0185. The smallest absolute Gasteiger partial charge is 0.410 e. The number of carbonyl (C=O) groups is 1. The zero-order chi connectivity index (χ0) is 15.6. The van der Waals surface area contributed by atoms with Gasteiger partial charge in [-0.05, 0) is 33.6 Å². The molecule has 1 aromatic rings. The first kappa shape index (κ1) is 16.1. The molecule has 1 amide bonds. The van der Waals surface area contributed by atoms with Gasteiger partial charge in [0.2, 0.25) is 0 Å². The molecular formula is C14H22ClN3O3. The predicted octanol–water partition coefficient (Wildman–Crippen LogP) is 2.60. The van der Waals surface area contributed by atoms with Crippen LogP contribution in [0.25, 0.3) is 0 Å². The summed E-state index contributed by atoms with van der Waals surface area (Å²) in [6.07, 6.45) is 3.09. The van der Waals surface area contributed by atoms with Gasteiger partial charge in [-0.15, -0.1) is 0 Å². The standard InChI is InChI=1S/C14H22ClN3O3/c1-14(2,3)21-13(20)17-6-4-11(5-7-17)18-8-10(9-19)12(15)16-18/h8,11,19H,4-7,9H2,1-3H3. The van der Waals surface area contributed by atoms with Crippen molar-refractivity contribution in [1.82, 2.24) is 14.7 Å². The van der Waals surface area contributed by atoms with Crippen LogP contribution in [0.1, 0.15) is 45.2 Å². The van der Waals surface area contributed by atoms with Crippen molar-refractivity contribution >= 4 is 17.7 Å². The van der Waals surface area contributed by atoms with Gasteiger partial charge in [-0.2, -0.15) is 5.10 Å². The van der Waals surface area contributed by atoms with Crippen LogP contribution in [0.5, 0.6) is 0 Å². The highest BCUT2D eigenvalue weighted by atomic mass is 35.5. The van der Waals surface area contributed by atoms with Crippen LogP contribution in [-0.4, -0.2) is 44.6 Å². The maximum atomic E-state index is 12.0. The van der Waals surface area contributed by atoms with E-state index in [2.05, 4.69) is 5.10 Å². The summed E-state index contributed by atoms with van der Waals surface area (Å²) in [4.78, 5) is 13.7. The van der Waals surface area contributed by atoms with Crippen LogP contribution in [0.15, 0.2) is 6.20 Å². The topological polar surface area (TPSA) is 67.6 Å². The highest BCUT2D eigenvalue weighted by Gasteiger charge is 2.28. The molecule has 118 valence electrons. The Bertz CT molecular complexity index is 502. The Labute approximate surface area is 129 Å². The molecule has 0 unspecified atom stereocenters. The van der Waals surface area contributed by atoms with Crippen LogP contribution in [0.3, 0.4) is 0 Å². The van der Waals surface area contributed by atoms with Gasteiger partial charge >= 0.3 is 6.09 Å². The lowest BCUT2D eigenvalue weighted by Gasteiger charge is -2.33. The Morgan fingerprint density at radius 1 is 1.48 bits per heavy atom. The fraction of sp³-hybridized carbons (Fsp3) is 0.714. The van der Waals surface area contributed by atoms with E-state index in [-0.39, 0.29) is 18.7 Å². The second-order valence-electron chi connectivity index (χ2n) is 6.28. The van der Waals surface area contributed by atoms with E-state index in [0.29, 0.717) is 23.8 Å². The number of likely N-dealkylation sites (tertiary alicyclic amines) is 1. The summed E-state index contributed by atoms with van der Waals surface area (Å²) >= 11 is 5.94. The number of amides is 1. The average molecular weight is 316 g/mol. The third-order valence-electron chi connectivity index (χ3n) is 3.42. The van der Waals surface area contributed by atoms with Gasteiger partial charge < -0.3 is 14.7 Å². The molecule has 1 saturated heterocycles. The Hall–Kier alpha value is -1.27. The summed E-state index contributed by atoms with van der Waals surface area (Å²) in [6.45, 7) is 6.73. The highest BCUT2D eigenvalue weighted by molar-refractivity contribution is 6.30. The first-order valence-electron chi connectivity index (χ1n) is 7.12. The highest BCUT2D eigenvalue weighted by Crippen LogP contribution is 2.25. The number of carbonyl (C=O) groups excluding carboxylic acids is 1. The van der Waals surface area contributed by atoms with E-state index in [1.54, 1.807) is 15.8 Å². The van der Waals surface area contributed by atoms with Gasteiger partial charge in [0.05, 0.1) is 12.6 Å². The quantitative estimate of drug-likeness (QED) is 0.911. The number of aliphatic hydroxyl groups is 1. The third kappa shape index (κ3) is 4.11. The minimum absolute atomic E-state index is 0.115. The van der Waals surface area contributed by atoms with Crippen molar-refractivity contribution in [3.63, 3.8) is 0 Å². The Morgan fingerprint density at radius 3 is 2.57 bits per heavy atom. The second kappa shape index (κ2) is 6.23. The molecule has 2 heterocycles. The van der Waals surface area contributed by atoms with Crippen molar-refractivity contribution in [2.24, 2.45) is 0 Å². The number of aliphatic hydroxyl groups excluding tert-OH is 1. The number of ether oxygens (including phenoxy) is 1. The molecule has 0 spiro atoms. The van der Waals surface area contributed by atoms with Gasteiger partial charge in [-0.25, -0.2) is 4.79 Å². The molecule has 21 heavy (non-hydrogen) atoms. The van der Waals surface area contributed by atoms with Gasteiger partial charge in [-0.3, -0.25) is 4.68 Å². The minimum atomic E-state index is -0.473. The lowest BCUT2D eigenvalue weighted by atomic mass is 10.1. The van der Waals surface area contributed by atoms with Crippen molar-refractivity contribution in [2.45, 2.75) is 51.9 Å².